The third-order valence-corrected chi connectivity index (χ3v) is 4.71. The number of rotatable bonds is 4. The number of hydrogen-bond acceptors (Lipinski definition) is 3. The van der Waals surface area contributed by atoms with Gasteiger partial charge in [-0.1, -0.05) is 36.4 Å². The van der Waals surface area contributed by atoms with Crippen LogP contribution in [0, 0.1) is 0 Å². The molecule has 0 fully saturated rings. The molecule has 126 valence electrons. The Morgan fingerprint density at radius 1 is 1.12 bits per heavy atom. The molecule has 0 spiro atoms. The van der Waals surface area contributed by atoms with Crippen molar-refractivity contribution >= 4 is 22.7 Å². The third-order valence-electron chi connectivity index (χ3n) is 4.71. The number of hydrogen-bond donors (Lipinski definition) is 3. The van der Waals surface area contributed by atoms with Gasteiger partial charge in [0, 0.05) is 41.2 Å². The third kappa shape index (κ3) is 2.47. The summed E-state index contributed by atoms with van der Waals surface area (Å²) in [5.41, 5.74) is 5.82. The Balaban J connectivity index is 1.81. The second kappa shape index (κ2) is 6.07. The van der Waals surface area contributed by atoms with Crippen LogP contribution in [0.15, 0.2) is 54.7 Å². The molecule has 2 amide bonds. The van der Waals surface area contributed by atoms with Crippen molar-refractivity contribution in [1.82, 2.24) is 15.3 Å². The molecule has 0 aliphatic carbocycles. The fourth-order valence-electron chi connectivity index (χ4n) is 3.55. The number of nitrogens with one attached hydrogen (secondary N) is 2. The molecule has 0 saturated carbocycles. The van der Waals surface area contributed by atoms with E-state index in [4.69, 9.17) is 5.84 Å². The highest BCUT2D eigenvalue weighted by molar-refractivity contribution is 6.01. The molecule has 25 heavy (non-hydrogen) atoms. The van der Waals surface area contributed by atoms with Gasteiger partial charge >= 0.3 is 0 Å². The van der Waals surface area contributed by atoms with E-state index in [0.29, 0.717) is 12.1 Å². The summed E-state index contributed by atoms with van der Waals surface area (Å²) in [6, 6.07) is 15.4. The second-order valence-electron chi connectivity index (χ2n) is 6.10. The summed E-state index contributed by atoms with van der Waals surface area (Å²) in [6.45, 7) is 0.306. The molecule has 6 nitrogen and oxygen atoms in total. The number of carbonyl (C=O) groups is 2. The molecular formula is C19H18N4O2. The molecule has 0 bridgehead atoms. The van der Waals surface area contributed by atoms with Crippen LogP contribution >= 0.6 is 0 Å². The number of nitrogens with zero attached hydrogens (tertiary/aromatic N) is 1. The van der Waals surface area contributed by atoms with Gasteiger partial charge in [0.2, 0.25) is 5.91 Å². The fourth-order valence-corrected chi connectivity index (χ4v) is 3.55. The van der Waals surface area contributed by atoms with Gasteiger partial charge in [-0.25, -0.2) is 5.84 Å². The molecule has 1 aromatic heterocycles. The van der Waals surface area contributed by atoms with E-state index in [2.05, 4.69) is 10.4 Å². The summed E-state index contributed by atoms with van der Waals surface area (Å²) in [5, 5.41) is 1.07. The number of aromatic nitrogens is 1. The maximum absolute atomic E-state index is 12.9. The van der Waals surface area contributed by atoms with Crippen molar-refractivity contribution in [3.05, 3.63) is 71.4 Å². The number of fused-ring (bicyclic) bond motifs is 2. The van der Waals surface area contributed by atoms with Crippen molar-refractivity contribution in [2.24, 2.45) is 5.84 Å². The van der Waals surface area contributed by atoms with E-state index < -0.39 is 0 Å². The molecule has 0 unspecified atom stereocenters. The van der Waals surface area contributed by atoms with Gasteiger partial charge in [0.1, 0.15) is 0 Å². The molecule has 1 atom stereocenters. The van der Waals surface area contributed by atoms with Gasteiger partial charge in [-0.3, -0.25) is 15.0 Å². The van der Waals surface area contributed by atoms with Crippen LogP contribution in [-0.2, 0) is 4.79 Å². The Bertz CT molecular complexity index is 963. The van der Waals surface area contributed by atoms with Crippen molar-refractivity contribution in [2.45, 2.75) is 12.5 Å². The Labute approximate surface area is 144 Å². The number of benzene rings is 2. The Kier molecular flexibility index (Phi) is 3.74. The monoisotopic (exact) mass is 334 g/mol. The molecule has 6 heteroatoms. The second-order valence-corrected chi connectivity index (χ2v) is 6.10. The quantitative estimate of drug-likeness (QED) is 0.388. The maximum Gasteiger partial charge on any atom is 0.255 e. The summed E-state index contributed by atoms with van der Waals surface area (Å²) in [5.74, 6) is 4.82. The number of nitrogens with two attached hydrogens (primary N) is 1. The largest absolute Gasteiger partial charge is 0.361 e. The molecule has 2 aromatic carbocycles. The van der Waals surface area contributed by atoms with Crippen LogP contribution in [0.1, 0.15) is 33.9 Å². The van der Waals surface area contributed by atoms with Crippen LogP contribution in [0.2, 0.25) is 0 Å². The molecule has 1 aliphatic rings. The Morgan fingerprint density at radius 3 is 2.72 bits per heavy atom. The first-order valence-corrected chi connectivity index (χ1v) is 8.16. The fraction of sp³-hybridized carbons (Fsp3) is 0.158. The van der Waals surface area contributed by atoms with Gasteiger partial charge < -0.3 is 9.88 Å². The minimum absolute atomic E-state index is 0.0595. The number of aromatic amines is 1. The molecule has 2 heterocycles. The lowest BCUT2D eigenvalue weighted by Crippen LogP contribution is -2.36. The lowest BCUT2D eigenvalue weighted by atomic mass is 9.97. The van der Waals surface area contributed by atoms with Gasteiger partial charge in [-0.05, 0) is 17.7 Å². The first-order chi connectivity index (χ1) is 12.2. The standard InChI is InChI=1S/C19H18N4O2/c20-22-17(24)9-10-23-18(13-6-1-2-7-14(13)19(23)25)15-11-21-16-8-4-3-5-12(15)16/h1-8,11,18,21H,9-10,20H2,(H,22,24)/t18-/m0/s1. The van der Waals surface area contributed by atoms with E-state index in [1.165, 1.54) is 0 Å². The van der Waals surface area contributed by atoms with Gasteiger partial charge in [0.15, 0.2) is 0 Å². The van der Waals surface area contributed by atoms with Crippen molar-refractivity contribution in [1.29, 1.82) is 0 Å². The van der Waals surface area contributed by atoms with Crippen molar-refractivity contribution in [2.75, 3.05) is 6.54 Å². The lowest BCUT2D eigenvalue weighted by molar-refractivity contribution is -0.121. The highest BCUT2D eigenvalue weighted by Gasteiger charge is 2.38. The average molecular weight is 334 g/mol. The molecule has 4 rings (SSSR count). The molecule has 0 saturated heterocycles. The molecule has 3 aromatic rings. The molecule has 0 radical (unpaired) electrons. The van der Waals surface area contributed by atoms with Crippen molar-refractivity contribution in [3.8, 4) is 0 Å². The zero-order valence-electron chi connectivity index (χ0n) is 13.5. The topological polar surface area (TPSA) is 91.2 Å². The molecule has 1 aliphatic heterocycles. The predicted octanol–water partition coefficient (Wildman–Crippen LogP) is 2.09. The Hall–Kier alpha value is -3.12. The van der Waals surface area contributed by atoms with Crippen molar-refractivity contribution in [3.63, 3.8) is 0 Å². The highest BCUT2D eigenvalue weighted by atomic mass is 16.2. The van der Waals surface area contributed by atoms with E-state index in [9.17, 15) is 9.59 Å². The molecular weight excluding hydrogens is 316 g/mol. The first-order valence-electron chi connectivity index (χ1n) is 8.16. The number of hydrazine groups is 1. The molecule has 4 N–H and O–H groups in total. The summed E-state index contributed by atoms with van der Waals surface area (Å²) in [6.07, 6.45) is 2.11. The van der Waals surface area contributed by atoms with Crippen LogP contribution in [0.5, 0.6) is 0 Å². The van der Waals surface area contributed by atoms with Crippen LogP contribution in [0.3, 0.4) is 0 Å². The lowest BCUT2D eigenvalue weighted by Gasteiger charge is -2.25. The minimum atomic E-state index is -0.290. The number of para-hydroxylation sites is 1. The van der Waals surface area contributed by atoms with Crippen LogP contribution < -0.4 is 11.3 Å². The smallest absolute Gasteiger partial charge is 0.255 e. The van der Waals surface area contributed by atoms with E-state index >= 15 is 0 Å². The number of H-pyrrole nitrogens is 1. The number of carbonyl (C=O) groups excluding carboxylic acids is 2. The number of amides is 2. The van der Waals surface area contributed by atoms with Crippen LogP contribution in [-0.4, -0.2) is 28.2 Å². The predicted molar refractivity (Wildman–Crippen MR) is 94.6 cm³/mol. The van der Waals surface area contributed by atoms with E-state index in [-0.39, 0.29) is 24.3 Å². The van der Waals surface area contributed by atoms with Gasteiger partial charge in [-0.2, -0.15) is 0 Å². The summed E-state index contributed by atoms with van der Waals surface area (Å²) in [7, 11) is 0. The Morgan fingerprint density at radius 2 is 1.88 bits per heavy atom. The average Bonchev–Trinajstić information content (AvgIpc) is 3.19. The first kappa shape index (κ1) is 15.4. The van der Waals surface area contributed by atoms with Crippen LogP contribution in [0.25, 0.3) is 10.9 Å². The zero-order valence-corrected chi connectivity index (χ0v) is 13.5. The van der Waals surface area contributed by atoms with E-state index in [0.717, 1.165) is 22.0 Å². The minimum Gasteiger partial charge on any atom is -0.361 e. The van der Waals surface area contributed by atoms with Crippen LogP contribution in [0.4, 0.5) is 0 Å². The van der Waals surface area contributed by atoms with Gasteiger partial charge in [-0.15, -0.1) is 0 Å². The summed E-state index contributed by atoms with van der Waals surface area (Å²) in [4.78, 5) is 29.5. The normalized spacial score (nSPS) is 16.3. The van der Waals surface area contributed by atoms with Gasteiger partial charge in [0.05, 0.1) is 6.04 Å². The highest BCUT2D eigenvalue weighted by Crippen LogP contribution is 2.40. The van der Waals surface area contributed by atoms with Gasteiger partial charge in [0.25, 0.3) is 5.91 Å². The summed E-state index contributed by atoms with van der Waals surface area (Å²) < 4.78 is 0. The zero-order chi connectivity index (χ0) is 17.4. The van der Waals surface area contributed by atoms with Crippen molar-refractivity contribution < 1.29 is 9.59 Å². The van der Waals surface area contributed by atoms with E-state index in [1.54, 1.807) is 4.90 Å². The summed E-state index contributed by atoms with van der Waals surface area (Å²) >= 11 is 0. The maximum atomic E-state index is 12.9. The van der Waals surface area contributed by atoms with E-state index in [1.807, 2.05) is 54.7 Å². The SMILES string of the molecule is NNC(=O)CCN1C(=O)c2ccccc2[C@H]1c1c[nH]c2ccccc12.